The Labute approximate surface area is 124 Å². The molecule has 0 radical (unpaired) electrons. The van der Waals surface area contributed by atoms with Crippen molar-refractivity contribution >= 4 is 17.8 Å². The van der Waals surface area contributed by atoms with Crippen molar-refractivity contribution in [2.45, 2.75) is 26.3 Å². The number of hydrogen-bond acceptors (Lipinski definition) is 4. The van der Waals surface area contributed by atoms with Crippen LogP contribution in [0, 0.1) is 6.92 Å². The summed E-state index contributed by atoms with van der Waals surface area (Å²) >= 11 is 0. The van der Waals surface area contributed by atoms with Crippen LogP contribution in [0.3, 0.4) is 0 Å². The summed E-state index contributed by atoms with van der Waals surface area (Å²) in [6.45, 7) is 4.45. The standard InChI is InChI=1S/C14H22N4O3/c1-10-4-5-12(16-8-10)18-13(19)6-7-15-14(20)17-11(2)9-21-3/h4-5,8,11H,6-7,9H2,1-3H3,(H2,15,17,20)(H,16,18,19). The van der Waals surface area contributed by atoms with E-state index in [-0.39, 0.29) is 30.9 Å². The monoisotopic (exact) mass is 294 g/mol. The van der Waals surface area contributed by atoms with Gasteiger partial charge in [0, 0.05) is 26.3 Å². The molecule has 3 N–H and O–H groups in total. The highest BCUT2D eigenvalue weighted by Crippen LogP contribution is 2.03. The normalized spacial score (nSPS) is 11.6. The Balaban J connectivity index is 2.21. The molecule has 1 rings (SSSR count). The maximum Gasteiger partial charge on any atom is 0.315 e. The van der Waals surface area contributed by atoms with Crippen molar-refractivity contribution in [1.82, 2.24) is 15.6 Å². The second-order valence-corrected chi connectivity index (χ2v) is 4.78. The predicted octanol–water partition coefficient (Wildman–Crippen LogP) is 1.05. The van der Waals surface area contributed by atoms with Crippen LogP contribution in [-0.4, -0.2) is 43.2 Å². The number of amides is 3. The Bertz CT molecular complexity index is 462. The lowest BCUT2D eigenvalue weighted by molar-refractivity contribution is -0.116. The van der Waals surface area contributed by atoms with Crippen LogP contribution in [0.1, 0.15) is 18.9 Å². The van der Waals surface area contributed by atoms with E-state index in [0.29, 0.717) is 12.4 Å². The molecule has 0 bridgehead atoms. The smallest absolute Gasteiger partial charge is 0.315 e. The van der Waals surface area contributed by atoms with Gasteiger partial charge in [-0.1, -0.05) is 6.07 Å². The number of pyridine rings is 1. The highest BCUT2D eigenvalue weighted by Gasteiger charge is 2.07. The number of aryl methyl sites for hydroxylation is 1. The first-order valence-corrected chi connectivity index (χ1v) is 6.77. The van der Waals surface area contributed by atoms with E-state index < -0.39 is 0 Å². The van der Waals surface area contributed by atoms with Gasteiger partial charge in [0.2, 0.25) is 5.91 Å². The van der Waals surface area contributed by atoms with E-state index in [1.165, 1.54) is 0 Å². The number of anilines is 1. The summed E-state index contributed by atoms with van der Waals surface area (Å²) in [5.41, 5.74) is 1.02. The van der Waals surface area contributed by atoms with Gasteiger partial charge in [0.1, 0.15) is 5.82 Å². The second-order valence-electron chi connectivity index (χ2n) is 4.78. The molecule has 0 aliphatic rings. The molecule has 3 amide bonds. The average molecular weight is 294 g/mol. The van der Waals surface area contributed by atoms with Crippen molar-refractivity contribution in [3.63, 3.8) is 0 Å². The first kappa shape index (κ1) is 16.9. The molecule has 1 unspecified atom stereocenters. The summed E-state index contributed by atoms with van der Waals surface area (Å²) in [6.07, 6.45) is 1.86. The molecule has 0 aromatic carbocycles. The van der Waals surface area contributed by atoms with Crippen molar-refractivity contribution in [3.05, 3.63) is 23.9 Å². The first-order valence-electron chi connectivity index (χ1n) is 6.77. The molecule has 116 valence electrons. The van der Waals surface area contributed by atoms with E-state index in [1.54, 1.807) is 19.4 Å². The number of carbonyl (C=O) groups is 2. The largest absolute Gasteiger partial charge is 0.383 e. The SMILES string of the molecule is COCC(C)NC(=O)NCCC(=O)Nc1ccc(C)cn1. The number of hydrogen-bond donors (Lipinski definition) is 3. The van der Waals surface area contributed by atoms with Crippen LogP contribution >= 0.6 is 0 Å². The summed E-state index contributed by atoms with van der Waals surface area (Å²) in [5.74, 6) is 0.306. The van der Waals surface area contributed by atoms with Gasteiger partial charge in [-0.25, -0.2) is 9.78 Å². The summed E-state index contributed by atoms with van der Waals surface area (Å²) in [7, 11) is 1.57. The molecular weight excluding hydrogens is 272 g/mol. The van der Waals surface area contributed by atoms with Gasteiger partial charge >= 0.3 is 6.03 Å². The summed E-state index contributed by atoms with van der Waals surface area (Å²) in [5, 5.41) is 7.96. The Morgan fingerprint density at radius 1 is 1.38 bits per heavy atom. The van der Waals surface area contributed by atoms with Gasteiger partial charge in [0.05, 0.1) is 12.6 Å². The lowest BCUT2D eigenvalue weighted by Gasteiger charge is -2.13. The quantitative estimate of drug-likeness (QED) is 0.701. The maximum atomic E-state index is 11.7. The molecule has 0 saturated carbocycles. The summed E-state index contributed by atoms with van der Waals surface area (Å²) in [6, 6.07) is 3.20. The van der Waals surface area contributed by atoms with Crippen molar-refractivity contribution < 1.29 is 14.3 Å². The Morgan fingerprint density at radius 2 is 2.14 bits per heavy atom. The van der Waals surface area contributed by atoms with Crippen molar-refractivity contribution in [1.29, 1.82) is 0 Å². The molecule has 0 spiro atoms. The van der Waals surface area contributed by atoms with Crippen molar-refractivity contribution in [3.8, 4) is 0 Å². The van der Waals surface area contributed by atoms with E-state index >= 15 is 0 Å². The first-order chi connectivity index (χ1) is 10.0. The molecule has 1 heterocycles. The van der Waals surface area contributed by atoms with Crippen LogP contribution in [0.25, 0.3) is 0 Å². The van der Waals surface area contributed by atoms with Crippen LogP contribution < -0.4 is 16.0 Å². The van der Waals surface area contributed by atoms with Gasteiger partial charge < -0.3 is 20.7 Å². The minimum Gasteiger partial charge on any atom is -0.383 e. The van der Waals surface area contributed by atoms with Crippen molar-refractivity contribution in [2.75, 3.05) is 25.6 Å². The van der Waals surface area contributed by atoms with E-state index in [2.05, 4.69) is 20.9 Å². The van der Waals surface area contributed by atoms with Gasteiger partial charge in [0.25, 0.3) is 0 Å². The van der Waals surface area contributed by atoms with Crippen LogP contribution in [-0.2, 0) is 9.53 Å². The van der Waals surface area contributed by atoms with Gasteiger partial charge in [-0.2, -0.15) is 0 Å². The number of methoxy groups -OCH3 is 1. The van der Waals surface area contributed by atoms with Crippen LogP contribution in [0.2, 0.25) is 0 Å². The molecule has 7 heteroatoms. The zero-order valence-corrected chi connectivity index (χ0v) is 12.6. The van der Waals surface area contributed by atoms with Crippen LogP contribution in [0.5, 0.6) is 0 Å². The molecule has 21 heavy (non-hydrogen) atoms. The molecule has 0 aliphatic heterocycles. The third-order valence-corrected chi connectivity index (χ3v) is 2.61. The maximum absolute atomic E-state index is 11.7. The number of nitrogens with zero attached hydrogens (tertiary/aromatic N) is 1. The fourth-order valence-corrected chi connectivity index (χ4v) is 1.60. The molecule has 0 saturated heterocycles. The number of rotatable bonds is 7. The summed E-state index contributed by atoms with van der Waals surface area (Å²) < 4.78 is 4.91. The lowest BCUT2D eigenvalue weighted by Crippen LogP contribution is -2.43. The molecule has 1 aromatic rings. The number of urea groups is 1. The zero-order valence-electron chi connectivity index (χ0n) is 12.6. The third kappa shape index (κ3) is 7.26. The van der Waals surface area contributed by atoms with E-state index in [9.17, 15) is 9.59 Å². The van der Waals surface area contributed by atoms with E-state index in [1.807, 2.05) is 19.9 Å². The van der Waals surface area contributed by atoms with Gasteiger partial charge in [-0.05, 0) is 25.5 Å². The molecular formula is C14H22N4O3. The molecule has 0 aliphatic carbocycles. The number of ether oxygens (including phenoxy) is 1. The Kier molecular flexibility index (Phi) is 7.17. The minimum atomic E-state index is -0.319. The average Bonchev–Trinajstić information content (AvgIpc) is 2.41. The fourth-order valence-electron chi connectivity index (χ4n) is 1.60. The van der Waals surface area contributed by atoms with E-state index in [4.69, 9.17) is 4.74 Å². The number of nitrogens with one attached hydrogen (secondary N) is 3. The number of carbonyl (C=O) groups excluding carboxylic acids is 2. The van der Waals surface area contributed by atoms with Crippen LogP contribution in [0.4, 0.5) is 10.6 Å². The zero-order chi connectivity index (χ0) is 15.7. The Morgan fingerprint density at radius 3 is 2.76 bits per heavy atom. The molecule has 0 fully saturated rings. The van der Waals surface area contributed by atoms with Crippen LogP contribution in [0.15, 0.2) is 18.3 Å². The van der Waals surface area contributed by atoms with Gasteiger partial charge in [-0.3, -0.25) is 4.79 Å². The van der Waals surface area contributed by atoms with Crippen molar-refractivity contribution in [2.24, 2.45) is 0 Å². The molecule has 7 nitrogen and oxygen atoms in total. The highest BCUT2D eigenvalue weighted by atomic mass is 16.5. The third-order valence-electron chi connectivity index (χ3n) is 2.61. The predicted molar refractivity (Wildman–Crippen MR) is 80.1 cm³/mol. The number of aromatic nitrogens is 1. The Hall–Kier alpha value is -2.15. The summed E-state index contributed by atoms with van der Waals surface area (Å²) in [4.78, 5) is 27.2. The second kappa shape index (κ2) is 8.91. The highest BCUT2D eigenvalue weighted by molar-refractivity contribution is 5.90. The van der Waals surface area contributed by atoms with E-state index in [0.717, 1.165) is 5.56 Å². The van der Waals surface area contributed by atoms with Gasteiger partial charge in [0.15, 0.2) is 0 Å². The molecule has 1 aromatic heterocycles. The minimum absolute atomic E-state index is 0.0828. The molecule has 1 atom stereocenters. The topological polar surface area (TPSA) is 92.4 Å². The fraction of sp³-hybridized carbons (Fsp3) is 0.500. The lowest BCUT2D eigenvalue weighted by atomic mass is 10.3. The van der Waals surface area contributed by atoms with Gasteiger partial charge in [-0.15, -0.1) is 0 Å².